The highest BCUT2D eigenvalue weighted by Crippen LogP contribution is 2.45. The summed E-state index contributed by atoms with van der Waals surface area (Å²) in [7, 11) is 11.1. The van der Waals surface area contributed by atoms with Crippen LogP contribution in [0.4, 0.5) is 0 Å². The monoisotopic (exact) mass is 637 g/mol. The van der Waals surface area contributed by atoms with Gasteiger partial charge in [0.25, 0.3) is 0 Å². The predicted octanol–water partition coefficient (Wildman–Crippen LogP) is 5.25. The Bertz CT molecular complexity index is 1500. The summed E-state index contributed by atoms with van der Waals surface area (Å²) in [5.41, 5.74) is 2.60. The summed E-state index contributed by atoms with van der Waals surface area (Å²) >= 11 is 0. The number of nitrogens with zero attached hydrogens (tertiary/aromatic N) is 1. The highest BCUT2D eigenvalue weighted by Gasteiger charge is 2.39. The van der Waals surface area contributed by atoms with Gasteiger partial charge in [-0.05, 0) is 49.2 Å². The molecule has 0 aliphatic carbocycles. The second kappa shape index (κ2) is 14.7. The highest BCUT2D eigenvalue weighted by atomic mass is 16.6. The van der Waals surface area contributed by atoms with Crippen molar-refractivity contribution in [2.75, 3.05) is 62.9 Å². The Morgan fingerprint density at radius 2 is 1.48 bits per heavy atom. The van der Waals surface area contributed by atoms with Crippen molar-refractivity contribution < 1.29 is 47.4 Å². The van der Waals surface area contributed by atoms with Gasteiger partial charge >= 0.3 is 5.97 Å². The van der Waals surface area contributed by atoms with Crippen LogP contribution in [0.15, 0.2) is 42.5 Å². The second-order valence-electron chi connectivity index (χ2n) is 11.2. The Balaban J connectivity index is 1.38. The number of likely N-dealkylation sites (tertiary alicyclic amines) is 1. The molecule has 46 heavy (non-hydrogen) atoms. The first-order valence-corrected chi connectivity index (χ1v) is 15.2. The van der Waals surface area contributed by atoms with Crippen molar-refractivity contribution in [3.05, 3.63) is 59.2 Å². The van der Waals surface area contributed by atoms with Crippen LogP contribution < -0.4 is 37.9 Å². The van der Waals surface area contributed by atoms with Crippen molar-refractivity contribution in [1.29, 1.82) is 0 Å². The van der Waals surface area contributed by atoms with Crippen LogP contribution in [0.25, 0.3) is 0 Å². The lowest BCUT2D eigenvalue weighted by Crippen LogP contribution is -2.42. The molecule has 2 aliphatic heterocycles. The van der Waals surface area contributed by atoms with Crippen LogP contribution in [0.3, 0.4) is 0 Å². The molecule has 1 fully saturated rings. The third-order valence-electron chi connectivity index (χ3n) is 8.57. The van der Waals surface area contributed by atoms with E-state index in [4.69, 9.17) is 42.6 Å². The molecule has 3 aromatic carbocycles. The van der Waals surface area contributed by atoms with Crippen LogP contribution in [0.2, 0.25) is 0 Å². The first-order valence-electron chi connectivity index (χ1n) is 15.2. The second-order valence-corrected chi connectivity index (χ2v) is 11.2. The topological polar surface area (TPSA) is 103 Å². The molecule has 1 saturated heterocycles. The van der Waals surface area contributed by atoms with E-state index >= 15 is 0 Å². The summed E-state index contributed by atoms with van der Waals surface area (Å²) in [6, 6.07) is 13.1. The number of hydrogen-bond acceptors (Lipinski definition) is 11. The number of carbonyl (C=O) groups is 1. The largest absolute Gasteiger partial charge is 0.496 e. The quantitative estimate of drug-likeness (QED) is 0.244. The molecule has 2 aliphatic rings. The van der Waals surface area contributed by atoms with Crippen LogP contribution in [0.1, 0.15) is 35.6 Å². The zero-order chi connectivity index (χ0) is 32.8. The van der Waals surface area contributed by atoms with Gasteiger partial charge in [0.05, 0.1) is 55.7 Å². The molecule has 0 radical (unpaired) electrons. The van der Waals surface area contributed by atoms with Crippen LogP contribution >= 0.6 is 0 Å². The number of ether oxygens (including phenoxy) is 9. The Hall–Kier alpha value is -4.51. The molecule has 3 atom stereocenters. The maximum absolute atomic E-state index is 13.9. The lowest BCUT2D eigenvalue weighted by molar-refractivity contribution is -0.162. The minimum absolute atomic E-state index is 0.260. The minimum Gasteiger partial charge on any atom is -0.496 e. The van der Waals surface area contributed by atoms with Gasteiger partial charge in [0, 0.05) is 42.8 Å². The number of esters is 1. The number of hydrogen-bond donors (Lipinski definition) is 0. The zero-order valence-electron chi connectivity index (χ0n) is 27.5. The Morgan fingerprint density at radius 1 is 0.783 bits per heavy atom. The molecule has 0 N–H and O–H groups in total. The molecular weight excluding hydrogens is 594 g/mol. The third-order valence-corrected chi connectivity index (χ3v) is 8.57. The van der Waals surface area contributed by atoms with Crippen LogP contribution in [0, 0.1) is 5.92 Å². The zero-order valence-corrected chi connectivity index (χ0v) is 27.5. The first-order chi connectivity index (χ1) is 22.3. The normalized spacial score (nSPS) is 19.2. The average Bonchev–Trinajstić information content (AvgIpc) is 3.10. The fraction of sp³-hybridized carbons (Fsp3) is 0.457. The van der Waals surface area contributed by atoms with Gasteiger partial charge in [-0.15, -0.1) is 0 Å². The van der Waals surface area contributed by atoms with Gasteiger partial charge in [0.1, 0.15) is 23.4 Å². The predicted molar refractivity (Wildman–Crippen MR) is 170 cm³/mol. The SMILES string of the molecule is COc1cc(OC)c2c(c1)O[C@H](c1ccc(OC)c(OC)c1)[C@@H](OC(=O)C1CCCN(Cc3cc(OC)c(OC)c(OC)c3)C1)C2. The smallest absolute Gasteiger partial charge is 0.310 e. The van der Waals surface area contributed by atoms with E-state index in [1.165, 1.54) is 0 Å². The molecule has 0 spiro atoms. The fourth-order valence-corrected chi connectivity index (χ4v) is 6.26. The van der Waals surface area contributed by atoms with E-state index in [0.717, 1.165) is 36.1 Å². The van der Waals surface area contributed by atoms with Gasteiger partial charge in [0.15, 0.2) is 29.1 Å². The summed E-state index contributed by atoms with van der Waals surface area (Å²) in [5, 5.41) is 0. The van der Waals surface area contributed by atoms with E-state index in [-0.39, 0.29) is 11.9 Å². The Kier molecular flexibility index (Phi) is 10.5. The first kappa shape index (κ1) is 32.9. The number of piperidine rings is 1. The molecule has 11 heteroatoms. The average molecular weight is 638 g/mol. The van der Waals surface area contributed by atoms with E-state index < -0.39 is 12.2 Å². The maximum atomic E-state index is 13.9. The number of carbonyl (C=O) groups excluding carboxylic acids is 1. The van der Waals surface area contributed by atoms with Crippen LogP contribution in [0.5, 0.6) is 46.0 Å². The molecule has 5 rings (SSSR count). The van der Waals surface area contributed by atoms with Crippen molar-refractivity contribution in [1.82, 2.24) is 4.90 Å². The van der Waals surface area contributed by atoms with Crippen molar-refractivity contribution >= 4 is 5.97 Å². The van der Waals surface area contributed by atoms with E-state index in [1.54, 1.807) is 55.8 Å². The summed E-state index contributed by atoms with van der Waals surface area (Å²) in [5.74, 6) is 4.13. The van der Waals surface area contributed by atoms with Gasteiger partial charge < -0.3 is 42.6 Å². The molecule has 1 unspecified atom stereocenters. The van der Waals surface area contributed by atoms with E-state index in [9.17, 15) is 4.79 Å². The molecule has 3 aromatic rings. The van der Waals surface area contributed by atoms with Gasteiger partial charge in [0.2, 0.25) is 5.75 Å². The van der Waals surface area contributed by atoms with Gasteiger partial charge in [-0.2, -0.15) is 0 Å². The van der Waals surface area contributed by atoms with Crippen molar-refractivity contribution in [2.24, 2.45) is 5.92 Å². The molecule has 0 bridgehead atoms. The Labute approximate surface area is 270 Å². The van der Waals surface area contributed by atoms with Gasteiger partial charge in [-0.25, -0.2) is 0 Å². The third kappa shape index (κ3) is 6.84. The summed E-state index contributed by atoms with van der Waals surface area (Å²) < 4.78 is 51.6. The van der Waals surface area contributed by atoms with Crippen LogP contribution in [-0.2, 0) is 22.5 Å². The van der Waals surface area contributed by atoms with Gasteiger partial charge in [-0.3, -0.25) is 9.69 Å². The summed E-state index contributed by atoms with van der Waals surface area (Å²) in [4.78, 5) is 16.1. The van der Waals surface area contributed by atoms with Crippen LogP contribution in [-0.4, -0.2) is 79.8 Å². The molecular formula is C35H43NO10. The van der Waals surface area contributed by atoms with E-state index in [2.05, 4.69) is 4.90 Å². The number of benzene rings is 3. The standard InChI is InChI=1S/C35H43NO10/c1-38-24-16-27(40-3)25-18-32(33(45-28(25)17-24)22-10-11-26(39-2)29(15-22)41-4)46-35(37)23-9-8-12-36(20-23)19-21-13-30(42-5)34(44-7)31(14-21)43-6/h10-11,13-17,23,32-33H,8-9,12,18-20H2,1-7H3/t23?,32-,33+/m0/s1. The summed E-state index contributed by atoms with van der Waals surface area (Å²) in [6.45, 7) is 2.03. The molecule has 0 aromatic heterocycles. The number of fused-ring (bicyclic) bond motifs is 1. The highest BCUT2D eigenvalue weighted by molar-refractivity contribution is 5.73. The summed E-state index contributed by atoms with van der Waals surface area (Å²) in [6.07, 6.45) is 0.768. The fourth-order valence-electron chi connectivity index (χ4n) is 6.26. The number of rotatable bonds is 12. The lowest BCUT2D eigenvalue weighted by Gasteiger charge is -2.36. The molecule has 0 amide bonds. The lowest BCUT2D eigenvalue weighted by atomic mass is 9.92. The minimum atomic E-state index is -0.620. The molecule has 11 nitrogen and oxygen atoms in total. The van der Waals surface area contributed by atoms with Gasteiger partial charge in [-0.1, -0.05) is 6.07 Å². The molecule has 248 valence electrons. The van der Waals surface area contributed by atoms with E-state index in [1.807, 2.05) is 36.4 Å². The van der Waals surface area contributed by atoms with E-state index in [0.29, 0.717) is 65.5 Å². The molecule has 0 saturated carbocycles. The molecule has 2 heterocycles. The number of methoxy groups -OCH3 is 7. The van der Waals surface area contributed by atoms with Crippen molar-refractivity contribution in [2.45, 2.75) is 38.0 Å². The maximum Gasteiger partial charge on any atom is 0.310 e. The Morgan fingerprint density at radius 3 is 2.11 bits per heavy atom. The van der Waals surface area contributed by atoms with Crippen molar-refractivity contribution in [3.8, 4) is 46.0 Å². The van der Waals surface area contributed by atoms with Crippen molar-refractivity contribution in [3.63, 3.8) is 0 Å².